The maximum absolute atomic E-state index is 13.5. The van der Waals surface area contributed by atoms with E-state index in [1.165, 1.54) is 25.5 Å². The lowest BCUT2D eigenvalue weighted by atomic mass is 10.1. The minimum atomic E-state index is -0.473. The van der Waals surface area contributed by atoms with Crippen LogP contribution in [0.4, 0.5) is 4.39 Å². The van der Waals surface area contributed by atoms with Crippen molar-refractivity contribution in [2.24, 2.45) is 0 Å². The lowest BCUT2D eigenvalue weighted by Crippen LogP contribution is -2.04. The van der Waals surface area contributed by atoms with Crippen LogP contribution in [0.1, 0.15) is 21.7 Å². The fraction of sp³-hybridized carbons (Fsp3) is 0.214. The summed E-state index contributed by atoms with van der Waals surface area (Å²) in [5.74, 6) is -0.146. The van der Waals surface area contributed by atoms with Gasteiger partial charge in [0.2, 0.25) is 5.78 Å². The third-order valence-corrected chi connectivity index (χ3v) is 2.70. The Kier molecular flexibility index (Phi) is 3.46. The SMILES string of the molecule is COc1ccc(CC(=O)c2occc2C)cc1F. The minimum Gasteiger partial charge on any atom is -0.494 e. The summed E-state index contributed by atoms with van der Waals surface area (Å²) < 4.78 is 23.4. The number of hydrogen-bond acceptors (Lipinski definition) is 3. The summed E-state index contributed by atoms with van der Waals surface area (Å²) >= 11 is 0. The van der Waals surface area contributed by atoms with E-state index < -0.39 is 5.82 Å². The molecule has 0 bridgehead atoms. The second-order valence-electron chi connectivity index (χ2n) is 4.00. The average molecular weight is 248 g/mol. The molecule has 1 heterocycles. The van der Waals surface area contributed by atoms with E-state index in [-0.39, 0.29) is 18.0 Å². The molecule has 0 atom stereocenters. The minimum absolute atomic E-state index is 0.106. The number of Topliss-reactive ketones (excluding diaryl/α,β-unsaturated/α-hetero) is 1. The molecule has 0 N–H and O–H groups in total. The van der Waals surface area contributed by atoms with Crippen molar-refractivity contribution in [3.05, 3.63) is 53.2 Å². The van der Waals surface area contributed by atoms with Crippen LogP contribution in [-0.2, 0) is 6.42 Å². The highest BCUT2D eigenvalue weighted by Crippen LogP contribution is 2.19. The molecule has 18 heavy (non-hydrogen) atoms. The van der Waals surface area contributed by atoms with Gasteiger partial charge in [0.05, 0.1) is 13.4 Å². The molecule has 0 fully saturated rings. The largest absolute Gasteiger partial charge is 0.494 e. The standard InChI is InChI=1S/C14H13FO3/c1-9-5-6-18-14(9)12(16)8-10-3-4-13(17-2)11(15)7-10/h3-7H,8H2,1-2H3. The Morgan fingerprint density at radius 2 is 2.17 bits per heavy atom. The van der Waals surface area contributed by atoms with Gasteiger partial charge in [0.25, 0.3) is 0 Å². The van der Waals surface area contributed by atoms with Crippen molar-refractivity contribution in [2.45, 2.75) is 13.3 Å². The zero-order valence-corrected chi connectivity index (χ0v) is 10.2. The highest BCUT2D eigenvalue weighted by Gasteiger charge is 2.14. The van der Waals surface area contributed by atoms with Crippen LogP contribution in [0.5, 0.6) is 5.75 Å². The molecule has 2 rings (SSSR count). The Hall–Kier alpha value is -2.10. The number of ether oxygens (including phenoxy) is 1. The Balaban J connectivity index is 2.17. The van der Waals surface area contributed by atoms with E-state index in [0.717, 1.165) is 5.56 Å². The molecule has 4 heteroatoms. The van der Waals surface area contributed by atoms with Crippen molar-refractivity contribution < 1.29 is 18.3 Å². The van der Waals surface area contributed by atoms with Gasteiger partial charge in [-0.3, -0.25) is 4.79 Å². The molecule has 0 aliphatic rings. The van der Waals surface area contributed by atoms with Gasteiger partial charge in [0.15, 0.2) is 17.3 Å². The summed E-state index contributed by atoms with van der Waals surface area (Å²) in [5.41, 5.74) is 1.38. The molecular weight excluding hydrogens is 235 g/mol. The molecule has 0 unspecified atom stereocenters. The smallest absolute Gasteiger partial charge is 0.202 e. The van der Waals surface area contributed by atoms with Gasteiger partial charge in [-0.2, -0.15) is 0 Å². The Labute approximate surface area is 104 Å². The molecule has 0 aliphatic heterocycles. The van der Waals surface area contributed by atoms with Crippen LogP contribution < -0.4 is 4.74 Å². The lowest BCUT2D eigenvalue weighted by Gasteiger charge is -2.04. The quantitative estimate of drug-likeness (QED) is 0.780. The van der Waals surface area contributed by atoms with E-state index in [0.29, 0.717) is 11.3 Å². The molecule has 0 aliphatic carbocycles. The first-order valence-corrected chi connectivity index (χ1v) is 5.51. The molecule has 94 valence electrons. The number of carbonyl (C=O) groups excluding carboxylic acids is 1. The van der Waals surface area contributed by atoms with Crippen LogP contribution in [0.25, 0.3) is 0 Å². The summed E-state index contributed by atoms with van der Waals surface area (Å²) in [6.07, 6.45) is 1.58. The van der Waals surface area contributed by atoms with E-state index in [9.17, 15) is 9.18 Å². The van der Waals surface area contributed by atoms with Gasteiger partial charge in [0, 0.05) is 6.42 Å². The topological polar surface area (TPSA) is 39.4 Å². The molecule has 3 nitrogen and oxygen atoms in total. The van der Waals surface area contributed by atoms with Gasteiger partial charge < -0.3 is 9.15 Å². The Bertz CT molecular complexity index is 572. The highest BCUT2D eigenvalue weighted by molar-refractivity contribution is 5.96. The van der Waals surface area contributed by atoms with Crippen molar-refractivity contribution in [3.8, 4) is 5.75 Å². The van der Waals surface area contributed by atoms with E-state index in [1.54, 1.807) is 19.1 Å². The van der Waals surface area contributed by atoms with Gasteiger partial charge in [0.1, 0.15) is 0 Å². The number of furan rings is 1. The number of benzene rings is 1. The zero-order valence-electron chi connectivity index (χ0n) is 10.2. The fourth-order valence-corrected chi connectivity index (χ4v) is 1.74. The number of aryl methyl sites for hydroxylation is 1. The van der Waals surface area contributed by atoms with Crippen LogP contribution >= 0.6 is 0 Å². The first kappa shape index (κ1) is 12.4. The Morgan fingerprint density at radius 1 is 1.39 bits per heavy atom. The normalized spacial score (nSPS) is 10.4. The average Bonchev–Trinajstić information content (AvgIpc) is 2.76. The predicted octanol–water partition coefficient (Wildman–Crippen LogP) is 3.16. The molecule has 2 aromatic rings. The molecule has 1 aromatic carbocycles. The summed E-state index contributed by atoms with van der Waals surface area (Å²) in [6.45, 7) is 1.80. The van der Waals surface area contributed by atoms with Crippen molar-refractivity contribution in [1.82, 2.24) is 0 Å². The van der Waals surface area contributed by atoms with Crippen molar-refractivity contribution in [1.29, 1.82) is 0 Å². The second-order valence-corrected chi connectivity index (χ2v) is 4.00. The van der Waals surface area contributed by atoms with Crippen molar-refractivity contribution >= 4 is 5.78 Å². The Morgan fingerprint density at radius 3 is 2.72 bits per heavy atom. The van der Waals surface area contributed by atoms with Crippen LogP contribution in [0.2, 0.25) is 0 Å². The first-order chi connectivity index (χ1) is 8.61. The summed E-state index contributed by atoms with van der Waals surface area (Å²) in [5, 5.41) is 0. The first-order valence-electron chi connectivity index (χ1n) is 5.51. The summed E-state index contributed by atoms with van der Waals surface area (Å²) in [4.78, 5) is 11.9. The third-order valence-electron chi connectivity index (χ3n) is 2.70. The number of ketones is 1. The molecule has 0 radical (unpaired) electrons. The molecule has 1 aromatic heterocycles. The zero-order chi connectivity index (χ0) is 13.1. The van der Waals surface area contributed by atoms with Gasteiger partial charge >= 0.3 is 0 Å². The van der Waals surface area contributed by atoms with Crippen LogP contribution in [0.15, 0.2) is 34.9 Å². The number of rotatable bonds is 4. The van der Waals surface area contributed by atoms with E-state index in [2.05, 4.69) is 0 Å². The predicted molar refractivity (Wildman–Crippen MR) is 64.4 cm³/mol. The van der Waals surface area contributed by atoms with Crippen LogP contribution in [0.3, 0.4) is 0 Å². The second kappa shape index (κ2) is 5.04. The highest BCUT2D eigenvalue weighted by atomic mass is 19.1. The summed E-state index contributed by atoms with van der Waals surface area (Å²) in [7, 11) is 1.40. The molecular formula is C14H13FO3. The molecule has 0 spiro atoms. The number of carbonyl (C=O) groups is 1. The van der Waals surface area contributed by atoms with Gasteiger partial charge in [-0.1, -0.05) is 6.07 Å². The lowest BCUT2D eigenvalue weighted by molar-refractivity contribution is 0.0965. The molecule has 0 saturated heterocycles. The summed E-state index contributed by atoms with van der Waals surface area (Å²) in [6, 6.07) is 6.20. The number of halogens is 1. The third kappa shape index (κ3) is 2.42. The van der Waals surface area contributed by atoms with Crippen LogP contribution in [0, 0.1) is 12.7 Å². The maximum atomic E-state index is 13.5. The van der Waals surface area contributed by atoms with Crippen molar-refractivity contribution in [2.75, 3.05) is 7.11 Å². The maximum Gasteiger partial charge on any atom is 0.202 e. The van der Waals surface area contributed by atoms with E-state index in [1.807, 2.05) is 0 Å². The van der Waals surface area contributed by atoms with Crippen LogP contribution in [-0.4, -0.2) is 12.9 Å². The van der Waals surface area contributed by atoms with Crippen molar-refractivity contribution in [3.63, 3.8) is 0 Å². The fourth-order valence-electron chi connectivity index (χ4n) is 1.74. The van der Waals surface area contributed by atoms with Gasteiger partial charge in [-0.15, -0.1) is 0 Å². The van der Waals surface area contributed by atoms with E-state index >= 15 is 0 Å². The molecule has 0 amide bonds. The monoisotopic (exact) mass is 248 g/mol. The number of hydrogen-bond donors (Lipinski definition) is 0. The van der Waals surface area contributed by atoms with Gasteiger partial charge in [-0.25, -0.2) is 4.39 Å². The van der Waals surface area contributed by atoms with E-state index in [4.69, 9.17) is 9.15 Å². The molecule has 0 saturated carbocycles. The van der Waals surface area contributed by atoms with Gasteiger partial charge in [-0.05, 0) is 36.2 Å². The number of methoxy groups -OCH3 is 1.